The highest BCUT2D eigenvalue weighted by Gasteiger charge is 2.26. The minimum absolute atomic E-state index is 0.245. The molecule has 2 fully saturated rings. The maximum atomic E-state index is 5.52. The van der Waals surface area contributed by atoms with Gasteiger partial charge in [0.05, 0.1) is 13.2 Å². The van der Waals surface area contributed by atoms with Crippen molar-refractivity contribution in [2.75, 3.05) is 23.0 Å². The SMILES string of the molecule is Cc1ccc(N(c2ccc(-c3ccc(-c4ccc(N(c5ccc(C6CO6)cc5)c5ccc(C)c(C)c5)cc4)cc3)cc2)c2ccc(C3CO3)cc2)cc1C. The molecule has 2 heterocycles. The Morgan fingerprint density at radius 2 is 0.593 bits per heavy atom. The van der Waals surface area contributed by atoms with Gasteiger partial charge in [-0.05, 0) is 156 Å². The zero-order chi connectivity index (χ0) is 36.8. The summed E-state index contributed by atoms with van der Waals surface area (Å²) in [5.74, 6) is 0. The van der Waals surface area contributed by atoms with E-state index in [9.17, 15) is 0 Å². The second-order valence-electron chi connectivity index (χ2n) is 14.7. The third-order valence-corrected chi connectivity index (χ3v) is 11.0. The molecule has 0 bridgehead atoms. The number of ether oxygens (including phenoxy) is 2. The normalized spacial score (nSPS) is 15.9. The summed E-state index contributed by atoms with van der Waals surface area (Å²) < 4.78 is 11.0. The van der Waals surface area contributed by atoms with E-state index in [-0.39, 0.29) is 12.2 Å². The van der Waals surface area contributed by atoms with Crippen molar-refractivity contribution in [1.29, 1.82) is 0 Å². The molecule has 4 nitrogen and oxygen atoms in total. The predicted octanol–water partition coefficient (Wildman–Crippen LogP) is 13.3. The molecule has 2 aliphatic rings. The Balaban J connectivity index is 0.963. The summed E-state index contributed by atoms with van der Waals surface area (Å²) >= 11 is 0. The Morgan fingerprint density at radius 3 is 0.870 bits per heavy atom. The quantitative estimate of drug-likeness (QED) is 0.133. The first-order valence-corrected chi connectivity index (χ1v) is 18.9. The summed E-state index contributed by atoms with van der Waals surface area (Å²) in [6.07, 6.45) is 0.489. The van der Waals surface area contributed by atoms with Crippen LogP contribution in [0.1, 0.15) is 45.6 Å². The van der Waals surface area contributed by atoms with Gasteiger partial charge in [-0.1, -0.05) is 84.9 Å². The fourth-order valence-corrected chi connectivity index (χ4v) is 7.24. The fourth-order valence-electron chi connectivity index (χ4n) is 7.24. The molecule has 9 rings (SSSR count). The number of hydrogen-bond acceptors (Lipinski definition) is 4. The number of aryl methyl sites for hydroxylation is 4. The molecule has 7 aromatic carbocycles. The maximum Gasteiger partial charge on any atom is 0.106 e. The van der Waals surface area contributed by atoms with E-state index in [0.29, 0.717) is 0 Å². The van der Waals surface area contributed by atoms with E-state index in [1.165, 1.54) is 55.6 Å². The van der Waals surface area contributed by atoms with Crippen LogP contribution < -0.4 is 9.80 Å². The first-order chi connectivity index (χ1) is 26.4. The average Bonchev–Trinajstić information content (AvgIpc) is 4.14. The van der Waals surface area contributed by atoms with E-state index < -0.39 is 0 Å². The standard InChI is InChI=1S/C50H44N2O2/c1-33-5-19-47(29-35(33)3)51(45-25-15-41(16-26-45)49-31-53-49)43-21-11-39(12-22-43)37-7-9-38(10-8-37)40-13-23-44(24-14-40)52(48-20-6-34(2)36(4)30-48)46-27-17-42(18-28-46)50-32-54-50/h5-30,49-50H,31-32H2,1-4H3. The van der Waals surface area contributed by atoms with Crippen molar-refractivity contribution < 1.29 is 9.47 Å². The molecule has 266 valence electrons. The molecule has 2 saturated heterocycles. The van der Waals surface area contributed by atoms with Gasteiger partial charge in [0.25, 0.3) is 0 Å². The van der Waals surface area contributed by atoms with Crippen molar-refractivity contribution in [3.05, 3.63) is 191 Å². The van der Waals surface area contributed by atoms with Crippen molar-refractivity contribution in [2.24, 2.45) is 0 Å². The van der Waals surface area contributed by atoms with E-state index >= 15 is 0 Å². The monoisotopic (exact) mass is 704 g/mol. The summed E-state index contributed by atoms with van der Waals surface area (Å²) in [4.78, 5) is 4.67. The van der Waals surface area contributed by atoms with Crippen LogP contribution in [0.4, 0.5) is 34.1 Å². The average molecular weight is 705 g/mol. The largest absolute Gasteiger partial charge is 0.368 e. The van der Waals surface area contributed by atoms with Crippen LogP contribution in [-0.4, -0.2) is 13.2 Å². The fraction of sp³-hybridized carbons (Fsp3) is 0.160. The van der Waals surface area contributed by atoms with Crippen molar-refractivity contribution in [3.63, 3.8) is 0 Å². The highest BCUT2D eigenvalue weighted by molar-refractivity contribution is 5.81. The first kappa shape index (κ1) is 33.9. The van der Waals surface area contributed by atoms with Gasteiger partial charge in [0, 0.05) is 34.1 Å². The minimum Gasteiger partial charge on any atom is -0.368 e. The van der Waals surface area contributed by atoms with Gasteiger partial charge in [-0.15, -0.1) is 0 Å². The Morgan fingerprint density at radius 1 is 0.333 bits per heavy atom. The second kappa shape index (κ2) is 14.1. The van der Waals surface area contributed by atoms with Gasteiger partial charge >= 0.3 is 0 Å². The molecule has 0 aromatic heterocycles. The Kier molecular flexibility index (Phi) is 8.86. The smallest absolute Gasteiger partial charge is 0.106 e. The summed E-state index contributed by atoms with van der Waals surface area (Å²) in [6, 6.07) is 57.7. The molecule has 0 N–H and O–H groups in total. The summed E-state index contributed by atoms with van der Waals surface area (Å²) in [7, 11) is 0. The van der Waals surface area contributed by atoms with Crippen LogP contribution in [0.3, 0.4) is 0 Å². The van der Waals surface area contributed by atoms with Gasteiger partial charge in [0.2, 0.25) is 0 Å². The van der Waals surface area contributed by atoms with Gasteiger partial charge < -0.3 is 19.3 Å². The van der Waals surface area contributed by atoms with E-state index in [4.69, 9.17) is 9.47 Å². The van der Waals surface area contributed by atoms with Crippen molar-refractivity contribution in [1.82, 2.24) is 0 Å². The summed E-state index contributed by atoms with van der Waals surface area (Å²) in [5, 5.41) is 0. The predicted molar refractivity (Wildman–Crippen MR) is 223 cm³/mol. The van der Waals surface area contributed by atoms with Crippen LogP contribution in [0.15, 0.2) is 158 Å². The molecule has 0 saturated carbocycles. The Labute approximate surface area is 318 Å². The lowest BCUT2D eigenvalue weighted by molar-refractivity contribution is 0.415. The molecule has 2 unspecified atom stereocenters. The van der Waals surface area contributed by atoms with Gasteiger partial charge in [-0.3, -0.25) is 0 Å². The highest BCUT2D eigenvalue weighted by Crippen LogP contribution is 2.40. The number of rotatable bonds is 10. The van der Waals surface area contributed by atoms with Crippen LogP contribution in [0.2, 0.25) is 0 Å². The van der Waals surface area contributed by atoms with Gasteiger partial charge in [0.1, 0.15) is 12.2 Å². The summed E-state index contributed by atoms with van der Waals surface area (Å²) in [5.41, 5.74) is 19.2. The topological polar surface area (TPSA) is 31.5 Å². The van der Waals surface area contributed by atoms with E-state index in [2.05, 4.69) is 195 Å². The molecule has 4 heteroatoms. The third kappa shape index (κ3) is 6.94. The molecular weight excluding hydrogens is 661 g/mol. The van der Waals surface area contributed by atoms with E-state index in [1.54, 1.807) is 0 Å². The molecule has 0 aliphatic carbocycles. The molecule has 54 heavy (non-hydrogen) atoms. The van der Waals surface area contributed by atoms with Crippen LogP contribution in [-0.2, 0) is 9.47 Å². The minimum atomic E-state index is 0.245. The van der Waals surface area contributed by atoms with E-state index in [1.807, 2.05) is 0 Å². The van der Waals surface area contributed by atoms with Gasteiger partial charge in [-0.2, -0.15) is 0 Å². The van der Waals surface area contributed by atoms with Crippen molar-refractivity contribution in [3.8, 4) is 22.3 Å². The lowest BCUT2D eigenvalue weighted by Crippen LogP contribution is -2.10. The lowest BCUT2D eigenvalue weighted by atomic mass is 9.99. The number of hydrogen-bond donors (Lipinski definition) is 0. The van der Waals surface area contributed by atoms with Gasteiger partial charge in [-0.25, -0.2) is 0 Å². The highest BCUT2D eigenvalue weighted by atomic mass is 16.6. The molecule has 2 aliphatic heterocycles. The Hall–Kier alpha value is -5.94. The maximum absolute atomic E-state index is 5.52. The lowest BCUT2D eigenvalue weighted by Gasteiger charge is -2.26. The zero-order valence-electron chi connectivity index (χ0n) is 31.3. The molecule has 2 atom stereocenters. The van der Waals surface area contributed by atoms with Crippen LogP contribution in [0.5, 0.6) is 0 Å². The second-order valence-corrected chi connectivity index (χ2v) is 14.7. The number of benzene rings is 7. The molecular formula is C50H44N2O2. The van der Waals surface area contributed by atoms with Crippen molar-refractivity contribution >= 4 is 34.1 Å². The van der Waals surface area contributed by atoms with Crippen molar-refractivity contribution in [2.45, 2.75) is 39.9 Å². The van der Waals surface area contributed by atoms with Crippen LogP contribution >= 0.6 is 0 Å². The molecule has 7 aromatic rings. The zero-order valence-corrected chi connectivity index (χ0v) is 31.3. The number of epoxide rings is 2. The summed E-state index contributed by atoms with van der Waals surface area (Å²) in [6.45, 7) is 10.3. The van der Waals surface area contributed by atoms with Crippen LogP contribution in [0, 0.1) is 27.7 Å². The molecule has 0 spiro atoms. The molecule has 0 amide bonds. The molecule has 0 radical (unpaired) electrons. The third-order valence-electron chi connectivity index (χ3n) is 11.0. The Bertz CT molecular complexity index is 2240. The van der Waals surface area contributed by atoms with Gasteiger partial charge in [0.15, 0.2) is 0 Å². The number of nitrogens with zero attached hydrogens (tertiary/aromatic N) is 2. The number of anilines is 6. The van der Waals surface area contributed by atoms with E-state index in [0.717, 1.165) is 47.3 Å². The van der Waals surface area contributed by atoms with Crippen LogP contribution in [0.25, 0.3) is 22.3 Å². The first-order valence-electron chi connectivity index (χ1n) is 18.9.